The molecule has 1 heterocycles. The van der Waals surface area contributed by atoms with Crippen LogP contribution >= 0.6 is 0 Å². The molecule has 0 unspecified atom stereocenters. The fraction of sp³-hybridized carbons (Fsp3) is 0.500. The fourth-order valence-corrected chi connectivity index (χ4v) is 2.60. The van der Waals surface area contributed by atoms with Crippen molar-refractivity contribution in [1.82, 2.24) is 5.32 Å². The zero-order valence-electron chi connectivity index (χ0n) is 12.0. The van der Waals surface area contributed by atoms with Gasteiger partial charge in [-0.3, -0.25) is 4.79 Å². The lowest BCUT2D eigenvalue weighted by atomic mass is 9.86. The van der Waals surface area contributed by atoms with Crippen molar-refractivity contribution in [2.75, 3.05) is 0 Å². The number of amides is 1. The maximum Gasteiger partial charge on any atom is 0.262 e. The quantitative estimate of drug-likeness (QED) is 0.678. The summed E-state index contributed by atoms with van der Waals surface area (Å²) in [6.45, 7) is 3.98. The molecule has 1 N–H and O–H groups in total. The highest BCUT2D eigenvalue weighted by Gasteiger charge is 2.24. The van der Waals surface area contributed by atoms with Gasteiger partial charge in [-0.15, -0.1) is 0 Å². The zero-order chi connectivity index (χ0) is 14.5. The second-order valence-corrected chi connectivity index (χ2v) is 5.46. The molecule has 4 nitrogen and oxygen atoms in total. The van der Waals surface area contributed by atoms with Gasteiger partial charge >= 0.3 is 0 Å². The third-order valence-electron chi connectivity index (χ3n) is 3.84. The average Bonchev–Trinajstić information content (AvgIpc) is 2.84. The second-order valence-electron chi connectivity index (χ2n) is 5.46. The molecular weight excluding hydrogens is 252 g/mol. The SMILES string of the molecule is Cc1ccc(/C=C(\C#N)C(=O)N[C@@H]2CCCC[C@@H]2C)o1. The molecule has 1 aromatic heterocycles. The lowest BCUT2D eigenvalue weighted by molar-refractivity contribution is -0.118. The maximum absolute atomic E-state index is 12.2. The monoisotopic (exact) mass is 272 g/mol. The summed E-state index contributed by atoms with van der Waals surface area (Å²) in [5, 5.41) is 12.1. The standard InChI is InChI=1S/C16H20N2O2/c1-11-5-3-4-6-15(11)18-16(19)13(10-17)9-14-8-7-12(2)20-14/h7-9,11,15H,3-6H2,1-2H3,(H,18,19)/b13-9+/t11-,15+/m0/s1. The van der Waals surface area contributed by atoms with Gasteiger partial charge in [-0.2, -0.15) is 5.26 Å². The van der Waals surface area contributed by atoms with E-state index in [0.717, 1.165) is 25.0 Å². The minimum atomic E-state index is -0.305. The molecule has 1 fully saturated rings. The fourth-order valence-electron chi connectivity index (χ4n) is 2.60. The second kappa shape index (κ2) is 6.42. The number of furan rings is 1. The molecule has 0 bridgehead atoms. The van der Waals surface area contributed by atoms with Gasteiger partial charge in [-0.05, 0) is 37.8 Å². The Morgan fingerprint density at radius 2 is 2.20 bits per heavy atom. The molecule has 0 saturated heterocycles. The van der Waals surface area contributed by atoms with E-state index in [1.807, 2.05) is 19.1 Å². The number of aryl methyl sites for hydroxylation is 1. The molecular formula is C16H20N2O2. The van der Waals surface area contributed by atoms with Crippen LogP contribution in [-0.2, 0) is 4.79 Å². The first-order chi connectivity index (χ1) is 9.60. The Morgan fingerprint density at radius 1 is 1.45 bits per heavy atom. The largest absolute Gasteiger partial charge is 0.462 e. The summed E-state index contributed by atoms with van der Waals surface area (Å²) < 4.78 is 5.37. The van der Waals surface area contributed by atoms with Crippen molar-refractivity contribution in [3.63, 3.8) is 0 Å². The highest BCUT2D eigenvalue weighted by molar-refractivity contribution is 6.01. The van der Waals surface area contributed by atoms with Crippen LogP contribution in [-0.4, -0.2) is 11.9 Å². The Balaban J connectivity index is 2.06. The van der Waals surface area contributed by atoms with Gasteiger partial charge < -0.3 is 9.73 Å². The summed E-state index contributed by atoms with van der Waals surface area (Å²) >= 11 is 0. The Hall–Kier alpha value is -2.02. The molecule has 1 aliphatic carbocycles. The molecule has 1 saturated carbocycles. The van der Waals surface area contributed by atoms with Crippen molar-refractivity contribution >= 4 is 12.0 Å². The minimum Gasteiger partial charge on any atom is -0.462 e. The van der Waals surface area contributed by atoms with E-state index in [2.05, 4.69) is 12.2 Å². The van der Waals surface area contributed by atoms with E-state index in [-0.39, 0.29) is 17.5 Å². The Morgan fingerprint density at radius 3 is 2.80 bits per heavy atom. The number of hydrogen-bond acceptors (Lipinski definition) is 3. The molecule has 0 aromatic carbocycles. The van der Waals surface area contributed by atoms with E-state index in [1.165, 1.54) is 12.5 Å². The number of nitriles is 1. The van der Waals surface area contributed by atoms with Crippen LogP contribution in [0.15, 0.2) is 22.1 Å². The van der Waals surface area contributed by atoms with Gasteiger partial charge in [-0.25, -0.2) is 0 Å². The van der Waals surface area contributed by atoms with Crippen molar-refractivity contribution in [2.45, 2.75) is 45.6 Å². The number of carbonyl (C=O) groups is 1. The van der Waals surface area contributed by atoms with Gasteiger partial charge in [0.15, 0.2) is 0 Å². The van der Waals surface area contributed by atoms with Crippen LogP contribution in [0, 0.1) is 24.2 Å². The van der Waals surface area contributed by atoms with Crippen molar-refractivity contribution < 1.29 is 9.21 Å². The maximum atomic E-state index is 12.2. The first-order valence-corrected chi connectivity index (χ1v) is 7.09. The van der Waals surface area contributed by atoms with Gasteiger partial charge in [0.1, 0.15) is 23.2 Å². The summed E-state index contributed by atoms with van der Waals surface area (Å²) in [7, 11) is 0. The molecule has 20 heavy (non-hydrogen) atoms. The Labute approximate surface area is 119 Å². The van der Waals surface area contributed by atoms with Gasteiger partial charge in [0, 0.05) is 12.1 Å². The molecule has 1 amide bonds. The molecule has 0 spiro atoms. The zero-order valence-corrected chi connectivity index (χ0v) is 12.0. The number of nitrogens with one attached hydrogen (secondary N) is 1. The number of nitrogens with zero attached hydrogens (tertiary/aromatic N) is 1. The van der Waals surface area contributed by atoms with Crippen LogP contribution in [0.25, 0.3) is 6.08 Å². The third kappa shape index (κ3) is 3.51. The number of hydrogen-bond donors (Lipinski definition) is 1. The van der Waals surface area contributed by atoms with E-state index in [0.29, 0.717) is 11.7 Å². The molecule has 1 aromatic rings. The summed E-state index contributed by atoms with van der Waals surface area (Å²) in [6.07, 6.45) is 5.98. The highest BCUT2D eigenvalue weighted by Crippen LogP contribution is 2.24. The van der Waals surface area contributed by atoms with E-state index in [9.17, 15) is 4.79 Å². The van der Waals surface area contributed by atoms with E-state index >= 15 is 0 Å². The number of carbonyl (C=O) groups excluding carboxylic acids is 1. The molecule has 1 aliphatic rings. The number of rotatable bonds is 3. The van der Waals surface area contributed by atoms with Gasteiger partial charge in [-0.1, -0.05) is 19.8 Å². The summed E-state index contributed by atoms with van der Waals surface area (Å²) in [5.41, 5.74) is 0.0946. The third-order valence-corrected chi connectivity index (χ3v) is 3.84. The van der Waals surface area contributed by atoms with Crippen molar-refractivity contribution in [2.24, 2.45) is 5.92 Å². The van der Waals surface area contributed by atoms with Crippen LogP contribution in [0.5, 0.6) is 0 Å². The van der Waals surface area contributed by atoms with Crippen LogP contribution < -0.4 is 5.32 Å². The Bertz CT molecular complexity index is 551. The summed E-state index contributed by atoms with van der Waals surface area (Å²) in [6, 6.07) is 5.69. The minimum absolute atomic E-state index is 0.0946. The van der Waals surface area contributed by atoms with Gasteiger partial charge in [0.05, 0.1) is 0 Å². The lowest BCUT2D eigenvalue weighted by Crippen LogP contribution is -2.41. The summed E-state index contributed by atoms with van der Waals surface area (Å²) in [5.74, 6) is 1.46. The Kier molecular flexibility index (Phi) is 4.62. The predicted octanol–water partition coefficient (Wildman–Crippen LogP) is 3.19. The van der Waals surface area contributed by atoms with E-state index < -0.39 is 0 Å². The van der Waals surface area contributed by atoms with Crippen molar-refractivity contribution in [3.8, 4) is 6.07 Å². The molecule has 106 valence electrons. The van der Waals surface area contributed by atoms with Gasteiger partial charge in [0.25, 0.3) is 5.91 Å². The molecule has 4 heteroatoms. The van der Waals surface area contributed by atoms with Crippen LogP contribution in [0.2, 0.25) is 0 Å². The molecule has 2 rings (SSSR count). The highest BCUT2D eigenvalue weighted by atomic mass is 16.3. The normalized spacial score (nSPS) is 23.1. The van der Waals surface area contributed by atoms with Gasteiger partial charge in [0.2, 0.25) is 0 Å². The topological polar surface area (TPSA) is 66.0 Å². The predicted molar refractivity (Wildman–Crippen MR) is 76.6 cm³/mol. The van der Waals surface area contributed by atoms with Crippen molar-refractivity contribution in [1.29, 1.82) is 5.26 Å². The first kappa shape index (κ1) is 14.4. The first-order valence-electron chi connectivity index (χ1n) is 7.09. The van der Waals surface area contributed by atoms with Crippen molar-refractivity contribution in [3.05, 3.63) is 29.2 Å². The average molecular weight is 272 g/mol. The molecule has 2 atom stereocenters. The lowest BCUT2D eigenvalue weighted by Gasteiger charge is -2.29. The smallest absolute Gasteiger partial charge is 0.262 e. The van der Waals surface area contributed by atoms with E-state index in [4.69, 9.17) is 9.68 Å². The summed E-state index contributed by atoms with van der Waals surface area (Å²) in [4.78, 5) is 12.2. The van der Waals surface area contributed by atoms with Crippen LogP contribution in [0.3, 0.4) is 0 Å². The molecule has 0 aliphatic heterocycles. The van der Waals surface area contributed by atoms with Crippen LogP contribution in [0.1, 0.15) is 44.1 Å². The van der Waals surface area contributed by atoms with E-state index in [1.54, 1.807) is 6.07 Å². The molecule has 0 radical (unpaired) electrons. The van der Waals surface area contributed by atoms with Crippen LogP contribution in [0.4, 0.5) is 0 Å².